The van der Waals surface area contributed by atoms with E-state index in [4.69, 9.17) is 9.73 Å². The van der Waals surface area contributed by atoms with Crippen molar-refractivity contribution in [3.05, 3.63) is 83.7 Å². The van der Waals surface area contributed by atoms with Crippen LogP contribution in [0.2, 0.25) is 0 Å². The van der Waals surface area contributed by atoms with Crippen LogP contribution >= 0.6 is 0 Å². The third-order valence-corrected chi connectivity index (χ3v) is 6.44. The van der Waals surface area contributed by atoms with Gasteiger partial charge in [0, 0.05) is 37.9 Å². The lowest BCUT2D eigenvalue weighted by Gasteiger charge is -2.38. The van der Waals surface area contributed by atoms with Crippen LogP contribution in [0, 0.1) is 5.82 Å². The molecule has 0 radical (unpaired) electrons. The predicted octanol–water partition coefficient (Wildman–Crippen LogP) is 5.22. The van der Waals surface area contributed by atoms with E-state index in [0.717, 1.165) is 48.8 Å². The lowest BCUT2D eigenvalue weighted by atomic mass is 10.1. The number of hydrogen-bond donors (Lipinski definition) is 1. The molecule has 5 rings (SSSR count). The molecule has 0 saturated carbocycles. The predicted molar refractivity (Wildman–Crippen MR) is 136 cm³/mol. The van der Waals surface area contributed by atoms with Crippen LogP contribution in [0.15, 0.2) is 71.7 Å². The first-order valence-corrected chi connectivity index (χ1v) is 12.0. The standard InChI is InChI=1S/C28H29FN4O2/c1-19(2)32-13-15-33(16-14-32)28-23-18-22(30-27(34)17-20-7-9-21(29)10-8-20)11-12-25(23)35-26-6-4-3-5-24(26)31-28/h3-12,18-19H,13-17H2,1-2H3,(H,30,34). The van der Waals surface area contributed by atoms with E-state index in [-0.39, 0.29) is 18.1 Å². The van der Waals surface area contributed by atoms with Gasteiger partial charge in [-0.15, -0.1) is 0 Å². The number of piperazine rings is 1. The Morgan fingerprint density at radius 1 is 1.00 bits per heavy atom. The van der Waals surface area contributed by atoms with Crippen molar-refractivity contribution in [3.8, 4) is 11.5 Å². The minimum absolute atomic E-state index is 0.164. The Kier molecular flexibility index (Phi) is 6.51. The smallest absolute Gasteiger partial charge is 0.228 e. The number of aliphatic imine (C=N–C) groups is 1. The van der Waals surface area contributed by atoms with E-state index in [2.05, 4.69) is 29.0 Å². The number of halogens is 1. The van der Waals surface area contributed by atoms with Gasteiger partial charge in [0.25, 0.3) is 0 Å². The summed E-state index contributed by atoms with van der Waals surface area (Å²) in [5.74, 6) is 1.78. The summed E-state index contributed by atoms with van der Waals surface area (Å²) in [6, 6.07) is 19.9. The number of benzene rings is 3. The number of para-hydroxylation sites is 2. The van der Waals surface area contributed by atoms with E-state index < -0.39 is 0 Å². The molecule has 1 N–H and O–H groups in total. The SMILES string of the molecule is CC(C)N1CCN(C2=Nc3ccccc3Oc3ccc(NC(=O)Cc4ccc(F)cc4)cc32)CC1. The maximum absolute atomic E-state index is 13.2. The van der Waals surface area contributed by atoms with E-state index in [0.29, 0.717) is 23.2 Å². The van der Waals surface area contributed by atoms with Gasteiger partial charge in [-0.2, -0.15) is 0 Å². The van der Waals surface area contributed by atoms with E-state index in [1.54, 1.807) is 12.1 Å². The minimum atomic E-state index is -0.318. The molecule has 6 nitrogen and oxygen atoms in total. The third kappa shape index (κ3) is 5.20. The summed E-state index contributed by atoms with van der Waals surface area (Å²) in [7, 11) is 0. The molecule has 35 heavy (non-hydrogen) atoms. The fraction of sp³-hybridized carbons (Fsp3) is 0.286. The van der Waals surface area contributed by atoms with Gasteiger partial charge in [0.1, 0.15) is 23.1 Å². The largest absolute Gasteiger partial charge is 0.454 e. The van der Waals surface area contributed by atoms with Gasteiger partial charge in [0.15, 0.2) is 5.75 Å². The molecule has 0 bridgehead atoms. The molecule has 180 valence electrons. The molecule has 1 amide bonds. The molecule has 2 aliphatic rings. The molecule has 2 heterocycles. The average Bonchev–Trinajstić information content (AvgIpc) is 3.02. The molecular formula is C28H29FN4O2. The molecule has 0 spiro atoms. The van der Waals surface area contributed by atoms with Crippen molar-refractivity contribution in [2.24, 2.45) is 4.99 Å². The maximum Gasteiger partial charge on any atom is 0.228 e. The molecule has 0 unspecified atom stereocenters. The third-order valence-electron chi connectivity index (χ3n) is 6.44. The quantitative estimate of drug-likeness (QED) is 0.566. The summed E-state index contributed by atoms with van der Waals surface area (Å²) in [6.07, 6.45) is 0.164. The lowest BCUT2D eigenvalue weighted by Crippen LogP contribution is -2.50. The van der Waals surface area contributed by atoms with Gasteiger partial charge in [-0.1, -0.05) is 24.3 Å². The second-order valence-electron chi connectivity index (χ2n) is 9.18. The maximum atomic E-state index is 13.2. The molecule has 1 fully saturated rings. The van der Waals surface area contributed by atoms with Crippen LogP contribution < -0.4 is 10.1 Å². The van der Waals surface area contributed by atoms with Gasteiger partial charge < -0.3 is 15.0 Å². The second kappa shape index (κ2) is 9.88. The topological polar surface area (TPSA) is 57.2 Å². The summed E-state index contributed by atoms with van der Waals surface area (Å²) >= 11 is 0. The second-order valence-corrected chi connectivity index (χ2v) is 9.18. The Labute approximate surface area is 205 Å². The Morgan fingerprint density at radius 2 is 1.74 bits per heavy atom. The number of rotatable bonds is 4. The lowest BCUT2D eigenvalue weighted by molar-refractivity contribution is -0.115. The highest BCUT2D eigenvalue weighted by atomic mass is 19.1. The van der Waals surface area contributed by atoms with Crippen LogP contribution in [-0.4, -0.2) is 53.8 Å². The molecule has 2 aliphatic heterocycles. The minimum Gasteiger partial charge on any atom is -0.454 e. The van der Waals surface area contributed by atoms with Crippen molar-refractivity contribution in [3.63, 3.8) is 0 Å². The van der Waals surface area contributed by atoms with Gasteiger partial charge in [0.2, 0.25) is 5.91 Å². The number of carbonyl (C=O) groups is 1. The molecule has 0 aliphatic carbocycles. The van der Waals surface area contributed by atoms with E-state index in [9.17, 15) is 9.18 Å². The average molecular weight is 473 g/mol. The highest BCUT2D eigenvalue weighted by molar-refractivity contribution is 6.05. The summed E-state index contributed by atoms with van der Waals surface area (Å²) in [5, 5.41) is 2.97. The van der Waals surface area contributed by atoms with Crippen LogP contribution in [-0.2, 0) is 11.2 Å². The number of nitrogens with one attached hydrogen (secondary N) is 1. The number of amides is 1. The normalized spacial score (nSPS) is 15.5. The van der Waals surface area contributed by atoms with Gasteiger partial charge in [-0.05, 0) is 61.9 Å². The first-order chi connectivity index (χ1) is 17.0. The van der Waals surface area contributed by atoms with Crippen LogP contribution in [0.3, 0.4) is 0 Å². The molecular weight excluding hydrogens is 443 g/mol. The van der Waals surface area contributed by atoms with Crippen molar-refractivity contribution in [1.82, 2.24) is 9.80 Å². The van der Waals surface area contributed by atoms with Crippen LogP contribution in [0.5, 0.6) is 11.5 Å². The van der Waals surface area contributed by atoms with Gasteiger partial charge in [0.05, 0.1) is 12.0 Å². The van der Waals surface area contributed by atoms with Crippen molar-refractivity contribution in [2.45, 2.75) is 26.3 Å². The number of amidine groups is 1. The number of anilines is 1. The van der Waals surface area contributed by atoms with E-state index in [1.165, 1.54) is 12.1 Å². The van der Waals surface area contributed by atoms with Gasteiger partial charge in [-0.3, -0.25) is 9.69 Å². The number of ether oxygens (including phenoxy) is 1. The fourth-order valence-corrected chi connectivity index (χ4v) is 4.48. The summed E-state index contributed by atoms with van der Waals surface area (Å²) in [4.78, 5) is 22.5. The van der Waals surface area contributed by atoms with E-state index in [1.807, 2.05) is 42.5 Å². The van der Waals surface area contributed by atoms with Gasteiger partial charge in [-0.25, -0.2) is 9.38 Å². The highest BCUT2D eigenvalue weighted by Crippen LogP contribution is 2.39. The fourth-order valence-electron chi connectivity index (χ4n) is 4.48. The molecule has 3 aromatic rings. The number of nitrogens with zero attached hydrogens (tertiary/aromatic N) is 3. The first kappa shape index (κ1) is 23.1. The first-order valence-electron chi connectivity index (χ1n) is 12.0. The zero-order valence-electron chi connectivity index (χ0n) is 20.0. The number of carbonyl (C=O) groups excluding carboxylic acids is 1. The van der Waals surface area contributed by atoms with E-state index >= 15 is 0 Å². The molecule has 0 aromatic heterocycles. The summed E-state index contributed by atoms with van der Waals surface area (Å²) in [6.45, 7) is 8.09. The monoisotopic (exact) mass is 472 g/mol. The summed E-state index contributed by atoms with van der Waals surface area (Å²) in [5.41, 5.74) is 3.05. The van der Waals surface area contributed by atoms with Crippen LogP contribution in [0.4, 0.5) is 15.8 Å². The van der Waals surface area contributed by atoms with Crippen molar-refractivity contribution in [2.75, 3.05) is 31.5 Å². The summed E-state index contributed by atoms with van der Waals surface area (Å²) < 4.78 is 19.4. The number of fused-ring (bicyclic) bond motifs is 2. The van der Waals surface area contributed by atoms with Crippen LogP contribution in [0.25, 0.3) is 0 Å². The Hall–Kier alpha value is -3.71. The Morgan fingerprint density at radius 3 is 2.49 bits per heavy atom. The Balaban J connectivity index is 1.43. The van der Waals surface area contributed by atoms with Crippen molar-refractivity contribution < 1.29 is 13.9 Å². The molecule has 1 saturated heterocycles. The van der Waals surface area contributed by atoms with Crippen LogP contribution in [0.1, 0.15) is 25.0 Å². The molecule has 3 aromatic carbocycles. The molecule has 0 atom stereocenters. The van der Waals surface area contributed by atoms with Gasteiger partial charge >= 0.3 is 0 Å². The zero-order valence-corrected chi connectivity index (χ0v) is 20.0. The molecule has 7 heteroatoms. The highest BCUT2D eigenvalue weighted by Gasteiger charge is 2.27. The zero-order chi connectivity index (χ0) is 24.4. The van der Waals surface area contributed by atoms with Crippen molar-refractivity contribution in [1.29, 1.82) is 0 Å². The Bertz CT molecular complexity index is 1250. The number of hydrogen-bond acceptors (Lipinski definition) is 5. The van der Waals surface area contributed by atoms with Crippen molar-refractivity contribution >= 4 is 23.1 Å².